The van der Waals surface area contributed by atoms with Crippen molar-refractivity contribution in [1.82, 2.24) is 20.1 Å². The fourth-order valence-corrected chi connectivity index (χ4v) is 3.95. The molecule has 7 nitrogen and oxygen atoms in total. The lowest BCUT2D eigenvalue weighted by atomic mass is 9.88. The average Bonchev–Trinajstić information content (AvgIpc) is 3.13. The van der Waals surface area contributed by atoms with Gasteiger partial charge in [-0.1, -0.05) is 25.3 Å². The number of H-pyrrole nitrogens is 1. The van der Waals surface area contributed by atoms with E-state index in [1.807, 2.05) is 36.1 Å². The van der Waals surface area contributed by atoms with E-state index in [4.69, 9.17) is 4.74 Å². The van der Waals surface area contributed by atoms with Gasteiger partial charge in [-0.25, -0.2) is 4.98 Å². The molecule has 1 atom stereocenters. The molecule has 0 spiro atoms. The molecule has 0 aromatic carbocycles. The molecule has 1 unspecified atom stereocenters. The van der Waals surface area contributed by atoms with Gasteiger partial charge in [0.15, 0.2) is 5.82 Å². The second-order valence-electron chi connectivity index (χ2n) is 7.49. The smallest absolute Gasteiger partial charge is 0.225 e. The highest BCUT2D eigenvalue weighted by atomic mass is 16.5. The van der Waals surface area contributed by atoms with Crippen LogP contribution in [0.5, 0.6) is 0 Å². The molecule has 1 saturated carbocycles. The second-order valence-corrected chi connectivity index (χ2v) is 7.49. The standard InChI is InChI=1S/C20H27N5O2/c1-14-12-19(24-23-14)22-18-9-5-8-16(21-18)17-13-25(10-11-27-17)20(26)15-6-3-2-4-7-15/h5,8-9,12,15,17H,2-4,6-7,10-11,13H2,1H3,(H2,21,22,23,24). The SMILES string of the molecule is Cc1cc(Nc2cccc(C3CN(C(=O)C4CCCCC4)CCO3)n2)n[nH]1. The van der Waals surface area contributed by atoms with Crippen LogP contribution in [0.15, 0.2) is 24.3 Å². The van der Waals surface area contributed by atoms with Crippen LogP contribution in [-0.4, -0.2) is 45.7 Å². The van der Waals surface area contributed by atoms with Crippen molar-refractivity contribution in [2.45, 2.75) is 45.1 Å². The quantitative estimate of drug-likeness (QED) is 0.864. The van der Waals surface area contributed by atoms with Gasteiger partial charge in [-0.3, -0.25) is 9.89 Å². The number of carbonyl (C=O) groups excluding carboxylic acids is 1. The number of anilines is 2. The van der Waals surface area contributed by atoms with Crippen molar-refractivity contribution in [2.75, 3.05) is 25.0 Å². The first-order valence-corrected chi connectivity index (χ1v) is 9.85. The molecule has 2 fully saturated rings. The van der Waals surface area contributed by atoms with E-state index in [-0.39, 0.29) is 12.0 Å². The van der Waals surface area contributed by atoms with Gasteiger partial charge >= 0.3 is 0 Å². The fraction of sp³-hybridized carbons (Fsp3) is 0.550. The first kappa shape index (κ1) is 18.0. The van der Waals surface area contributed by atoms with Crippen molar-refractivity contribution in [3.63, 3.8) is 0 Å². The Morgan fingerprint density at radius 1 is 1.26 bits per heavy atom. The van der Waals surface area contributed by atoms with Crippen LogP contribution in [0.25, 0.3) is 0 Å². The van der Waals surface area contributed by atoms with Crippen molar-refractivity contribution in [2.24, 2.45) is 5.92 Å². The summed E-state index contributed by atoms with van der Waals surface area (Å²) >= 11 is 0. The summed E-state index contributed by atoms with van der Waals surface area (Å²) in [4.78, 5) is 19.5. The Hall–Kier alpha value is -2.41. The van der Waals surface area contributed by atoms with Crippen LogP contribution < -0.4 is 5.32 Å². The third kappa shape index (κ3) is 4.30. The highest BCUT2D eigenvalue weighted by molar-refractivity contribution is 5.79. The molecule has 3 heterocycles. The van der Waals surface area contributed by atoms with E-state index >= 15 is 0 Å². The molecule has 1 aliphatic heterocycles. The lowest BCUT2D eigenvalue weighted by Gasteiger charge is -2.35. The van der Waals surface area contributed by atoms with Crippen molar-refractivity contribution < 1.29 is 9.53 Å². The van der Waals surface area contributed by atoms with Gasteiger partial charge < -0.3 is 15.0 Å². The normalized spacial score (nSPS) is 21.2. The average molecular weight is 369 g/mol. The number of nitrogens with one attached hydrogen (secondary N) is 2. The number of carbonyl (C=O) groups is 1. The molecule has 1 aliphatic carbocycles. The predicted octanol–water partition coefficient (Wildman–Crippen LogP) is 3.34. The van der Waals surface area contributed by atoms with Crippen LogP contribution in [0.4, 0.5) is 11.6 Å². The van der Waals surface area contributed by atoms with Crippen molar-refractivity contribution in [3.8, 4) is 0 Å². The summed E-state index contributed by atoms with van der Waals surface area (Å²) in [5.74, 6) is 1.94. The third-order valence-corrected chi connectivity index (χ3v) is 5.40. The zero-order chi connectivity index (χ0) is 18.6. The number of aryl methyl sites for hydroxylation is 1. The number of amides is 1. The predicted molar refractivity (Wildman–Crippen MR) is 103 cm³/mol. The van der Waals surface area contributed by atoms with Gasteiger partial charge in [-0.05, 0) is 31.9 Å². The Morgan fingerprint density at radius 2 is 2.11 bits per heavy atom. The van der Waals surface area contributed by atoms with E-state index in [9.17, 15) is 4.79 Å². The lowest BCUT2D eigenvalue weighted by molar-refractivity contribution is -0.144. The first-order valence-electron chi connectivity index (χ1n) is 9.85. The van der Waals surface area contributed by atoms with Crippen molar-refractivity contribution >= 4 is 17.5 Å². The molecule has 1 amide bonds. The van der Waals surface area contributed by atoms with Gasteiger partial charge in [0.1, 0.15) is 11.9 Å². The van der Waals surface area contributed by atoms with E-state index in [1.165, 1.54) is 19.3 Å². The lowest BCUT2D eigenvalue weighted by Crippen LogP contribution is -2.45. The maximum absolute atomic E-state index is 12.9. The summed E-state index contributed by atoms with van der Waals surface area (Å²) in [5, 5.41) is 10.3. The molecule has 2 aromatic heterocycles. The van der Waals surface area contributed by atoms with E-state index in [2.05, 4.69) is 20.5 Å². The van der Waals surface area contributed by atoms with Gasteiger partial charge in [-0.2, -0.15) is 5.10 Å². The molecule has 0 radical (unpaired) electrons. The molecule has 27 heavy (non-hydrogen) atoms. The largest absolute Gasteiger partial charge is 0.368 e. The number of hydrogen-bond acceptors (Lipinski definition) is 5. The van der Waals surface area contributed by atoms with Crippen molar-refractivity contribution in [3.05, 3.63) is 35.7 Å². The number of morpholine rings is 1. The monoisotopic (exact) mass is 369 g/mol. The Bertz CT molecular complexity index is 784. The fourth-order valence-electron chi connectivity index (χ4n) is 3.95. The molecule has 4 rings (SSSR count). The van der Waals surface area contributed by atoms with Crippen LogP contribution in [0, 0.1) is 12.8 Å². The molecule has 2 N–H and O–H groups in total. The summed E-state index contributed by atoms with van der Waals surface area (Å²) in [5.41, 5.74) is 1.83. The van der Waals surface area contributed by atoms with Crippen molar-refractivity contribution in [1.29, 1.82) is 0 Å². The Labute approximate surface area is 159 Å². The zero-order valence-electron chi connectivity index (χ0n) is 15.8. The summed E-state index contributed by atoms with van der Waals surface area (Å²) in [6, 6.07) is 7.74. The number of pyridine rings is 1. The number of aromatic nitrogens is 3. The molecule has 1 saturated heterocycles. The maximum Gasteiger partial charge on any atom is 0.225 e. The van der Waals surface area contributed by atoms with E-state index < -0.39 is 0 Å². The number of aromatic amines is 1. The number of hydrogen-bond donors (Lipinski definition) is 2. The summed E-state index contributed by atoms with van der Waals surface area (Å²) in [6.07, 6.45) is 5.48. The minimum atomic E-state index is -0.186. The maximum atomic E-state index is 12.9. The Kier molecular flexibility index (Phi) is 5.38. The molecule has 7 heteroatoms. The Morgan fingerprint density at radius 3 is 2.89 bits per heavy atom. The number of rotatable bonds is 4. The summed E-state index contributed by atoms with van der Waals surface area (Å²) in [6.45, 7) is 3.76. The van der Waals surface area contributed by atoms with Crippen LogP contribution in [-0.2, 0) is 9.53 Å². The van der Waals surface area contributed by atoms with E-state index in [1.54, 1.807) is 0 Å². The van der Waals surface area contributed by atoms with Gasteiger partial charge in [0.25, 0.3) is 0 Å². The number of nitrogens with zero attached hydrogens (tertiary/aromatic N) is 3. The molecular weight excluding hydrogens is 342 g/mol. The minimum absolute atomic E-state index is 0.186. The highest BCUT2D eigenvalue weighted by Gasteiger charge is 2.31. The molecule has 144 valence electrons. The van der Waals surface area contributed by atoms with Gasteiger partial charge in [-0.15, -0.1) is 0 Å². The van der Waals surface area contributed by atoms with Crippen LogP contribution in [0.2, 0.25) is 0 Å². The summed E-state index contributed by atoms with van der Waals surface area (Å²) < 4.78 is 5.94. The molecular formula is C20H27N5O2. The van der Waals surface area contributed by atoms with Gasteiger partial charge in [0.05, 0.1) is 18.8 Å². The zero-order valence-corrected chi connectivity index (χ0v) is 15.8. The first-order chi connectivity index (χ1) is 13.2. The molecule has 2 aromatic rings. The summed E-state index contributed by atoms with van der Waals surface area (Å²) in [7, 11) is 0. The molecule has 2 aliphatic rings. The number of ether oxygens (including phenoxy) is 1. The topological polar surface area (TPSA) is 83.1 Å². The van der Waals surface area contributed by atoms with Crippen LogP contribution in [0.1, 0.15) is 49.6 Å². The van der Waals surface area contributed by atoms with E-state index in [0.717, 1.165) is 35.9 Å². The minimum Gasteiger partial charge on any atom is -0.368 e. The molecule has 0 bridgehead atoms. The highest BCUT2D eigenvalue weighted by Crippen LogP contribution is 2.28. The van der Waals surface area contributed by atoms with Gasteiger partial charge in [0.2, 0.25) is 5.91 Å². The second kappa shape index (κ2) is 8.08. The van der Waals surface area contributed by atoms with Crippen LogP contribution >= 0.6 is 0 Å². The Balaban J connectivity index is 1.43. The van der Waals surface area contributed by atoms with E-state index in [0.29, 0.717) is 25.6 Å². The van der Waals surface area contributed by atoms with Crippen LogP contribution in [0.3, 0.4) is 0 Å². The third-order valence-electron chi connectivity index (χ3n) is 5.40. The van der Waals surface area contributed by atoms with Gasteiger partial charge in [0, 0.05) is 24.2 Å².